The molecule has 0 saturated carbocycles. The van der Waals surface area contributed by atoms with Crippen molar-refractivity contribution in [3.05, 3.63) is 42.1 Å². The molecule has 0 bridgehead atoms. The quantitative estimate of drug-likeness (QED) is 0.601. The SMILES string of the molecule is CC(O)C1Cc2c(-c3ccc(S(=O)(=O)NCCN)cc3)ccnc2N1. The van der Waals surface area contributed by atoms with E-state index in [9.17, 15) is 13.5 Å². The molecule has 134 valence electrons. The highest BCUT2D eigenvalue weighted by molar-refractivity contribution is 7.89. The number of benzene rings is 1. The van der Waals surface area contributed by atoms with Gasteiger partial charge in [-0.1, -0.05) is 12.1 Å². The molecule has 0 radical (unpaired) electrons. The van der Waals surface area contributed by atoms with Crippen LogP contribution >= 0.6 is 0 Å². The van der Waals surface area contributed by atoms with Crippen molar-refractivity contribution in [2.24, 2.45) is 5.73 Å². The number of nitrogens with one attached hydrogen (secondary N) is 2. The normalized spacial score (nSPS) is 17.8. The van der Waals surface area contributed by atoms with Crippen molar-refractivity contribution in [2.75, 3.05) is 18.4 Å². The van der Waals surface area contributed by atoms with Crippen LogP contribution in [0.2, 0.25) is 0 Å². The minimum atomic E-state index is -3.54. The highest BCUT2D eigenvalue weighted by Crippen LogP contribution is 2.34. The van der Waals surface area contributed by atoms with Crippen LogP contribution in [0.25, 0.3) is 11.1 Å². The van der Waals surface area contributed by atoms with Crippen LogP contribution in [-0.2, 0) is 16.4 Å². The molecule has 2 aromatic rings. The van der Waals surface area contributed by atoms with Gasteiger partial charge in [0.1, 0.15) is 5.82 Å². The van der Waals surface area contributed by atoms with Gasteiger partial charge in [-0.3, -0.25) is 0 Å². The van der Waals surface area contributed by atoms with Crippen molar-refractivity contribution in [1.82, 2.24) is 9.71 Å². The number of anilines is 1. The number of nitrogens with two attached hydrogens (primary N) is 1. The second kappa shape index (κ2) is 7.09. The number of nitrogens with zero attached hydrogens (tertiary/aromatic N) is 1. The Morgan fingerprint density at radius 3 is 2.72 bits per heavy atom. The summed E-state index contributed by atoms with van der Waals surface area (Å²) < 4.78 is 26.7. The Morgan fingerprint density at radius 2 is 2.08 bits per heavy atom. The summed E-state index contributed by atoms with van der Waals surface area (Å²) in [5, 5.41) is 13.0. The van der Waals surface area contributed by atoms with E-state index in [4.69, 9.17) is 5.73 Å². The smallest absolute Gasteiger partial charge is 0.240 e. The molecule has 25 heavy (non-hydrogen) atoms. The van der Waals surface area contributed by atoms with E-state index < -0.39 is 16.1 Å². The number of sulfonamides is 1. The van der Waals surface area contributed by atoms with Crippen LogP contribution in [0.15, 0.2) is 41.4 Å². The minimum Gasteiger partial charge on any atom is -0.391 e. The van der Waals surface area contributed by atoms with E-state index in [1.165, 1.54) is 0 Å². The summed E-state index contributed by atoms with van der Waals surface area (Å²) in [6.07, 6.45) is 1.90. The first-order valence-corrected chi connectivity index (χ1v) is 9.63. The lowest BCUT2D eigenvalue weighted by Gasteiger charge is -2.13. The summed E-state index contributed by atoms with van der Waals surface area (Å²) in [5.41, 5.74) is 8.27. The number of aliphatic hydroxyl groups is 1. The molecule has 0 fully saturated rings. The molecule has 1 aliphatic rings. The van der Waals surface area contributed by atoms with Gasteiger partial charge in [-0.05, 0) is 42.7 Å². The van der Waals surface area contributed by atoms with Crippen molar-refractivity contribution >= 4 is 15.8 Å². The molecule has 0 spiro atoms. The summed E-state index contributed by atoms with van der Waals surface area (Å²) in [6, 6.07) is 8.56. The molecule has 0 amide bonds. The Labute approximate surface area is 147 Å². The van der Waals surface area contributed by atoms with Gasteiger partial charge in [0.05, 0.1) is 17.0 Å². The fraction of sp³-hybridized carbons (Fsp3) is 0.353. The van der Waals surface area contributed by atoms with Crippen LogP contribution in [0.1, 0.15) is 12.5 Å². The number of pyridine rings is 1. The van der Waals surface area contributed by atoms with Crippen molar-refractivity contribution in [1.29, 1.82) is 0 Å². The second-order valence-corrected chi connectivity index (χ2v) is 7.86. The minimum absolute atomic E-state index is 0.0660. The van der Waals surface area contributed by atoms with Crippen molar-refractivity contribution in [2.45, 2.75) is 30.4 Å². The van der Waals surface area contributed by atoms with E-state index in [1.54, 1.807) is 37.4 Å². The van der Waals surface area contributed by atoms with Gasteiger partial charge >= 0.3 is 0 Å². The molecule has 1 aromatic heterocycles. The highest BCUT2D eigenvalue weighted by Gasteiger charge is 2.27. The molecule has 8 heteroatoms. The van der Waals surface area contributed by atoms with Gasteiger partial charge in [0.15, 0.2) is 0 Å². The fourth-order valence-electron chi connectivity index (χ4n) is 2.92. The highest BCUT2D eigenvalue weighted by atomic mass is 32.2. The number of rotatable bonds is 6. The van der Waals surface area contributed by atoms with Gasteiger partial charge in [-0.15, -0.1) is 0 Å². The molecule has 0 aliphatic carbocycles. The molecule has 2 heterocycles. The number of hydrogen-bond acceptors (Lipinski definition) is 6. The first-order valence-electron chi connectivity index (χ1n) is 8.15. The predicted octanol–water partition coefficient (Wildman–Crippen LogP) is 0.703. The standard InChI is InChI=1S/C17H22N4O3S/c1-11(22)16-10-15-14(6-8-19-17(15)21-16)12-2-4-13(5-3-12)25(23,24)20-9-7-18/h2-6,8,11,16,20,22H,7,9-10,18H2,1H3,(H,19,21). The Kier molecular flexibility index (Phi) is 5.05. The fourth-order valence-corrected chi connectivity index (χ4v) is 3.97. The van der Waals surface area contributed by atoms with Crippen molar-refractivity contribution in [3.8, 4) is 11.1 Å². The Hall–Kier alpha value is -2.00. The lowest BCUT2D eigenvalue weighted by atomic mass is 9.98. The van der Waals surface area contributed by atoms with Crippen molar-refractivity contribution in [3.63, 3.8) is 0 Å². The molecular formula is C17H22N4O3S. The van der Waals surface area contributed by atoms with E-state index in [0.29, 0.717) is 6.42 Å². The third-order valence-electron chi connectivity index (χ3n) is 4.30. The molecule has 7 nitrogen and oxygen atoms in total. The maximum Gasteiger partial charge on any atom is 0.240 e. The maximum absolute atomic E-state index is 12.1. The first-order chi connectivity index (χ1) is 11.9. The van der Waals surface area contributed by atoms with Crippen LogP contribution in [0.4, 0.5) is 5.82 Å². The molecule has 2 atom stereocenters. The van der Waals surface area contributed by atoms with E-state index in [2.05, 4.69) is 15.0 Å². The van der Waals surface area contributed by atoms with Gasteiger partial charge < -0.3 is 16.2 Å². The Balaban J connectivity index is 1.89. The van der Waals surface area contributed by atoms with Crippen LogP contribution in [0, 0.1) is 0 Å². The number of aliphatic hydroxyl groups excluding tert-OH is 1. The summed E-state index contributed by atoms with van der Waals surface area (Å²) in [7, 11) is -3.54. The zero-order valence-electron chi connectivity index (χ0n) is 13.9. The monoisotopic (exact) mass is 362 g/mol. The largest absolute Gasteiger partial charge is 0.391 e. The van der Waals surface area contributed by atoms with E-state index in [-0.39, 0.29) is 24.0 Å². The lowest BCUT2D eigenvalue weighted by Crippen LogP contribution is -2.29. The summed E-state index contributed by atoms with van der Waals surface area (Å²) >= 11 is 0. The summed E-state index contributed by atoms with van der Waals surface area (Å²) in [5.74, 6) is 0.768. The maximum atomic E-state index is 12.1. The number of fused-ring (bicyclic) bond motifs is 1. The average Bonchev–Trinajstić information content (AvgIpc) is 3.05. The molecule has 5 N–H and O–H groups in total. The summed E-state index contributed by atoms with van der Waals surface area (Å²) in [6.45, 7) is 2.20. The zero-order valence-corrected chi connectivity index (χ0v) is 14.8. The summed E-state index contributed by atoms with van der Waals surface area (Å²) in [4.78, 5) is 4.53. The molecule has 1 aromatic carbocycles. The predicted molar refractivity (Wildman–Crippen MR) is 96.7 cm³/mol. The molecular weight excluding hydrogens is 340 g/mol. The second-order valence-electron chi connectivity index (χ2n) is 6.09. The Morgan fingerprint density at radius 1 is 1.36 bits per heavy atom. The van der Waals surface area contributed by atoms with Crippen molar-refractivity contribution < 1.29 is 13.5 Å². The third-order valence-corrected chi connectivity index (χ3v) is 5.77. The number of aromatic nitrogens is 1. The van der Waals surface area contributed by atoms with Gasteiger partial charge in [0.25, 0.3) is 0 Å². The van der Waals surface area contributed by atoms with Gasteiger partial charge in [-0.25, -0.2) is 18.1 Å². The van der Waals surface area contributed by atoms with Gasteiger partial charge in [0.2, 0.25) is 10.0 Å². The topological polar surface area (TPSA) is 117 Å². The first kappa shape index (κ1) is 17.8. The molecule has 3 rings (SSSR count). The zero-order chi connectivity index (χ0) is 18.0. The van der Waals surface area contributed by atoms with Crippen LogP contribution in [0.3, 0.4) is 0 Å². The van der Waals surface area contributed by atoms with Crippen LogP contribution < -0.4 is 15.8 Å². The number of hydrogen-bond donors (Lipinski definition) is 4. The Bertz CT molecular complexity index is 851. The molecule has 0 saturated heterocycles. The van der Waals surface area contributed by atoms with Crippen LogP contribution in [-0.4, -0.2) is 43.7 Å². The van der Waals surface area contributed by atoms with Gasteiger partial charge in [-0.2, -0.15) is 0 Å². The van der Waals surface area contributed by atoms with E-state index in [0.717, 1.165) is 22.5 Å². The molecule has 2 unspecified atom stereocenters. The van der Waals surface area contributed by atoms with Gasteiger partial charge in [0, 0.05) is 24.8 Å². The lowest BCUT2D eigenvalue weighted by molar-refractivity contribution is 0.174. The van der Waals surface area contributed by atoms with E-state index in [1.807, 2.05) is 6.07 Å². The van der Waals surface area contributed by atoms with E-state index >= 15 is 0 Å². The average molecular weight is 362 g/mol. The van der Waals surface area contributed by atoms with Crippen LogP contribution in [0.5, 0.6) is 0 Å². The molecule has 1 aliphatic heterocycles. The third kappa shape index (κ3) is 3.67.